The van der Waals surface area contributed by atoms with Crippen LogP contribution in [0.1, 0.15) is 21.5 Å². The van der Waals surface area contributed by atoms with E-state index in [1.807, 2.05) is 6.07 Å². The summed E-state index contributed by atoms with van der Waals surface area (Å²) < 4.78 is 0. The lowest BCUT2D eigenvalue weighted by Gasteiger charge is -2.18. The molecule has 2 aromatic rings. The maximum atomic E-state index is 12.1. The van der Waals surface area contributed by atoms with Crippen molar-refractivity contribution in [2.75, 3.05) is 0 Å². The van der Waals surface area contributed by atoms with Crippen LogP contribution < -0.4 is 0 Å². The predicted octanol–water partition coefficient (Wildman–Crippen LogP) is 3.87. The van der Waals surface area contributed by atoms with E-state index in [2.05, 4.69) is 0 Å². The van der Waals surface area contributed by atoms with E-state index in [0.717, 1.165) is 11.1 Å². The summed E-state index contributed by atoms with van der Waals surface area (Å²) in [6.45, 7) is 0. The number of halogens is 1. The summed E-state index contributed by atoms with van der Waals surface area (Å²) >= 11 is 6.16. The first-order valence-electron chi connectivity index (χ1n) is 5.97. The number of hydrogen-bond acceptors (Lipinski definition) is 2. The van der Waals surface area contributed by atoms with Crippen molar-refractivity contribution < 1.29 is 9.90 Å². The number of rotatable bonds is 1. The molecule has 0 radical (unpaired) electrons. The molecule has 0 unspecified atom stereocenters. The number of hydrogen-bond donors (Lipinski definition) is 1. The maximum absolute atomic E-state index is 12.1. The van der Waals surface area contributed by atoms with Crippen LogP contribution >= 0.6 is 11.6 Å². The fourth-order valence-electron chi connectivity index (χ4n) is 2.36. The summed E-state index contributed by atoms with van der Waals surface area (Å²) in [5.74, 6) is 0.110. The largest absolute Gasteiger partial charge is 0.507 e. The summed E-state index contributed by atoms with van der Waals surface area (Å²) in [7, 11) is 0. The molecule has 0 spiro atoms. The molecule has 0 amide bonds. The average molecular weight is 271 g/mol. The summed E-state index contributed by atoms with van der Waals surface area (Å²) in [5, 5.41) is 10.5. The minimum Gasteiger partial charge on any atom is -0.507 e. The van der Waals surface area contributed by atoms with E-state index in [1.165, 1.54) is 0 Å². The Bertz CT molecular complexity index is 702. The smallest absolute Gasteiger partial charge is 0.186 e. The van der Waals surface area contributed by atoms with Crippen molar-refractivity contribution in [3.63, 3.8) is 0 Å². The third kappa shape index (κ3) is 2.04. The number of fused-ring (bicyclic) bond motifs is 1. The Morgan fingerprint density at radius 2 is 1.74 bits per heavy atom. The van der Waals surface area contributed by atoms with E-state index in [0.29, 0.717) is 22.6 Å². The van der Waals surface area contributed by atoms with Crippen molar-refractivity contribution in [3.8, 4) is 5.75 Å². The molecule has 0 fully saturated rings. The van der Waals surface area contributed by atoms with Gasteiger partial charge in [0.25, 0.3) is 0 Å². The molecular weight excluding hydrogens is 260 g/mol. The highest BCUT2D eigenvalue weighted by molar-refractivity contribution is 6.32. The maximum Gasteiger partial charge on any atom is 0.186 e. The average Bonchev–Trinajstić information content (AvgIpc) is 2.40. The molecule has 94 valence electrons. The first kappa shape index (κ1) is 12.0. The van der Waals surface area contributed by atoms with Gasteiger partial charge in [0.05, 0.1) is 0 Å². The number of ketones is 1. The fraction of sp³-hybridized carbons (Fsp3) is 0.0625. The molecule has 1 aliphatic carbocycles. The molecule has 2 nitrogen and oxygen atoms in total. The lowest BCUT2D eigenvalue weighted by atomic mass is 9.87. The molecule has 0 bridgehead atoms. The topological polar surface area (TPSA) is 37.3 Å². The van der Waals surface area contributed by atoms with Crippen molar-refractivity contribution >= 4 is 23.0 Å². The van der Waals surface area contributed by atoms with Gasteiger partial charge in [0.15, 0.2) is 5.78 Å². The number of benzene rings is 2. The van der Waals surface area contributed by atoms with E-state index in [9.17, 15) is 9.90 Å². The SMILES string of the molecule is O=C1C=C(c2ccccc2O)Cc2c(Cl)cccc21. The summed E-state index contributed by atoms with van der Waals surface area (Å²) in [6.07, 6.45) is 2.13. The highest BCUT2D eigenvalue weighted by Crippen LogP contribution is 2.34. The molecule has 0 atom stereocenters. The van der Waals surface area contributed by atoms with Crippen molar-refractivity contribution in [2.24, 2.45) is 0 Å². The number of carbonyl (C=O) groups excluding carboxylic acids is 1. The Balaban J connectivity index is 2.12. The number of carbonyl (C=O) groups is 1. The highest BCUT2D eigenvalue weighted by Gasteiger charge is 2.21. The normalized spacial score (nSPS) is 13.9. The molecule has 0 saturated heterocycles. The van der Waals surface area contributed by atoms with Crippen LogP contribution in [-0.4, -0.2) is 10.9 Å². The molecule has 19 heavy (non-hydrogen) atoms. The van der Waals surface area contributed by atoms with Crippen LogP contribution in [0.2, 0.25) is 5.02 Å². The Kier molecular flexibility index (Phi) is 2.88. The summed E-state index contributed by atoms with van der Waals surface area (Å²) in [4.78, 5) is 12.1. The molecule has 0 aliphatic heterocycles. The van der Waals surface area contributed by atoms with Crippen molar-refractivity contribution in [2.45, 2.75) is 6.42 Å². The summed E-state index contributed by atoms with van der Waals surface area (Å²) in [6, 6.07) is 12.3. The van der Waals surface area contributed by atoms with E-state index < -0.39 is 0 Å². The first-order chi connectivity index (χ1) is 9.16. The van der Waals surface area contributed by atoms with E-state index in [-0.39, 0.29) is 11.5 Å². The third-order valence-corrected chi connectivity index (χ3v) is 3.66. The number of aromatic hydroxyl groups is 1. The van der Waals surface area contributed by atoms with E-state index in [4.69, 9.17) is 11.6 Å². The lowest BCUT2D eigenvalue weighted by molar-refractivity contribution is 0.104. The van der Waals surface area contributed by atoms with Crippen LogP contribution in [0.25, 0.3) is 5.57 Å². The van der Waals surface area contributed by atoms with E-state index in [1.54, 1.807) is 42.5 Å². The van der Waals surface area contributed by atoms with Gasteiger partial charge in [-0.3, -0.25) is 4.79 Å². The van der Waals surface area contributed by atoms with Gasteiger partial charge in [-0.05, 0) is 29.3 Å². The molecule has 0 saturated carbocycles. The van der Waals surface area contributed by atoms with Crippen molar-refractivity contribution in [1.82, 2.24) is 0 Å². The van der Waals surface area contributed by atoms with E-state index >= 15 is 0 Å². The van der Waals surface area contributed by atoms with Crippen molar-refractivity contribution in [3.05, 3.63) is 70.3 Å². The molecule has 1 aliphatic rings. The Morgan fingerprint density at radius 1 is 1.00 bits per heavy atom. The number of phenolic OH excluding ortho intramolecular Hbond substituents is 1. The molecule has 0 heterocycles. The molecule has 0 aromatic heterocycles. The highest BCUT2D eigenvalue weighted by atomic mass is 35.5. The van der Waals surface area contributed by atoms with Gasteiger partial charge in [-0.25, -0.2) is 0 Å². The van der Waals surface area contributed by atoms with Gasteiger partial charge in [-0.1, -0.05) is 41.9 Å². The molecule has 3 rings (SSSR count). The molecule has 2 aromatic carbocycles. The van der Waals surface area contributed by atoms with Gasteiger partial charge in [-0.15, -0.1) is 0 Å². The van der Waals surface area contributed by atoms with Gasteiger partial charge < -0.3 is 5.11 Å². The predicted molar refractivity (Wildman–Crippen MR) is 75.6 cm³/mol. The monoisotopic (exact) mass is 270 g/mol. The minimum atomic E-state index is -0.0676. The molecular formula is C16H11ClO2. The van der Waals surface area contributed by atoms with Crippen LogP contribution in [0.15, 0.2) is 48.5 Å². The Hall–Kier alpha value is -2.06. The van der Waals surface area contributed by atoms with Crippen LogP contribution in [0.4, 0.5) is 0 Å². The Labute approximate surface area is 116 Å². The molecule has 3 heteroatoms. The second-order valence-corrected chi connectivity index (χ2v) is 4.90. The van der Waals surface area contributed by atoms with Crippen LogP contribution in [0.5, 0.6) is 5.75 Å². The summed E-state index contributed by atoms with van der Waals surface area (Å²) in [5.41, 5.74) is 2.95. The Morgan fingerprint density at radius 3 is 2.53 bits per heavy atom. The zero-order valence-corrected chi connectivity index (χ0v) is 10.8. The minimum absolute atomic E-state index is 0.0676. The van der Waals surface area contributed by atoms with Gasteiger partial charge in [0, 0.05) is 22.6 Å². The number of allylic oxidation sites excluding steroid dienone is 2. The second-order valence-electron chi connectivity index (χ2n) is 4.49. The first-order valence-corrected chi connectivity index (χ1v) is 6.35. The lowest BCUT2D eigenvalue weighted by Crippen LogP contribution is -2.10. The number of phenols is 1. The third-order valence-electron chi connectivity index (χ3n) is 3.31. The quantitative estimate of drug-likeness (QED) is 0.854. The molecule has 1 N–H and O–H groups in total. The van der Waals surface area contributed by atoms with Gasteiger partial charge in [-0.2, -0.15) is 0 Å². The number of para-hydroxylation sites is 1. The van der Waals surface area contributed by atoms with Gasteiger partial charge in [0.1, 0.15) is 5.75 Å². The zero-order valence-electron chi connectivity index (χ0n) is 10.1. The van der Waals surface area contributed by atoms with Crippen LogP contribution in [0, 0.1) is 0 Å². The van der Waals surface area contributed by atoms with Crippen LogP contribution in [0.3, 0.4) is 0 Å². The van der Waals surface area contributed by atoms with Crippen molar-refractivity contribution in [1.29, 1.82) is 0 Å². The fourth-order valence-corrected chi connectivity index (χ4v) is 2.61. The standard InChI is InChI=1S/C16H11ClO2/c17-14-6-3-5-12-13(14)8-10(9-16(12)19)11-4-1-2-7-15(11)18/h1-7,9,18H,8H2. The zero-order chi connectivity index (χ0) is 13.4. The van der Waals surface area contributed by atoms with Crippen LogP contribution in [-0.2, 0) is 6.42 Å². The van der Waals surface area contributed by atoms with Gasteiger partial charge in [0.2, 0.25) is 0 Å². The van der Waals surface area contributed by atoms with Gasteiger partial charge >= 0.3 is 0 Å². The second kappa shape index (κ2) is 4.56.